The molecular formula is C45H88NO8P. The van der Waals surface area contributed by atoms with Crippen LogP contribution in [0.2, 0.25) is 0 Å². The summed E-state index contributed by atoms with van der Waals surface area (Å²) in [6.07, 6.45) is 39.4. The number of esters is 2. The SMILES string of the molecule is CCCCCC/C=C/CCCCCCCCCC(=O)O[C@H](COC(=O)CCCCCCCCCCCCCCCCCC)COP(=O)([O-])OCC[N+](C)(C)C. The number of unbranched alkanes of at least 4 members (excludes halogenated alkanes) is 26. The molecule has 0 heterocycles. The van der Waals surface area contributed by atoms with E-state index >= 15 is 0 Å². The topological polar surface area (TPSA) is 111 Å². The molecule has 0 aromatic rings. The number of quaternary nitrogens is 1. The van der Waals surface area contributed by atoms with Crippen LogP contribution in [0.15, 0.2) is 12.2 Å². The largest absolute Gasteiger partial charge is 0.756 e. The summed E-state index contributed by atoms with van der Waals surface area (Å²) in [5.74, 6) is -0.829. The smallest absolute Gasteiger partial charge is 0.306 e. The Labute approximate surface area is 339 Å². The monoisotopic (exact) mass is 802 g/mol. The van der Waals surface area contributed by atoms with Crippen molar-refractivity contribution in [2.45, 2.75) is 219 Å². The third-order valence-corrected chi connectivity index (χ3v) is 11.0. The third kappa shape index (κ3) is 42.2. The fraction of sp³-hybridized carbons (Fsp3) is 0.911. The summed E-state index contributed by atoms with van der Waals surface area (Å²) in [5, 5.41) is 0. The first kappa shape index (κ1) is 53.8. The Morgan fingerprint density at radius 2 is 0.927 bits per heavy atom. The summed E-state index contributed by atoms with van der Waals surface area (Å²) >= 11 is 0. The maximum absolute atomic E-state index is 12.7. The van der Waals surface area contributed by atoms with Crippen molar-refractivity contribution in [3.63, 3.8) is 0 Å². The minimum atomic E-state index is -4.62. The third-order valence-electron chi connectivity index (χ3n) is 10.0. The van der Waals surface area contributed by atoms with Crippen LogP contribution < -0.4 is 4.89 Å². The molecule has 0 aromatic carbocycles. The zero-order valence-corrected chi connectivity index (χ0v) is 37.5. The summed E-state index contributed by atoms with van der Waals surface area (Å²) < 4.78 is 33.9. The summed E-state index contributed by atoms with van der Waals surface area (Å²) in [7, 11) is 1.17. The Hall–Kier alpha value is -1.25. The van der Waals surface area contributed by atoms with Gasteiger partial charge in [0.2, 0.25) is 0 Å². The van der Waals surface area contributed by atoms with E-state index in [1.807, 2.05) is 21.1 Å². The van der Waals surface area contributed by atoms with Crippen LogP contribution >= 0.6 is 7.82 Å². The number of likely N-dealkylation sites (N-methyl/N-ethyl adjacent to an activating group) is 1. The first-order chi connectivity index (χ1) is 26.5. The summed E-state index contributed by atoms with van der Waals surface area (Å²) in [6.45, 7) is 4.24. The van der Waals surface area contributed by atoms with Gasteiger partial charge < -0.3 is 27.9 Å². The number of nitrogens with zero attached hydrogens (tertiary/aromatic N) is 1. The second kappa shape index (κ2) is 38.3. The van der Waals surface area contributed by atoms with Crippen molar-refractivity contribution in [3.8, 4) is 0 Å². The van der Waals surface area contributed by atoms with E-state index in [1.165, 1.54) is 135 Å². The van der Waals surface area contributed by atoms with Gasteiger partial charge in [-0.2, -0.15) is 0 Å². The molecule has 0 N–H and O–H groups in total. The highest BCUT2D eigenvalue weighted by molar-refractivity contribution is 7.45. The van der Waals surface area contributed by atoms with E-state index in [0.717, 1.165) is 44.9 Å². The van der Waals surface area contributed by atoms with Crippen LogP contribution in [0.4, 0.5) is 0 Å². The van der Waals surface area contributed by atoms with Gasteiger partial charge in [0.05, 0.1) is 27.7 Å². The average Bonchev–Trinajstić information content (AvgIpc) is 3.13. The van der Waals surface area contributed by atoms with Gasteiger partial charge in [-0.15, -0.1) is 0 Å². The predicted molar refractivity (Wildman–Crippen MR) is 227 cm³/mol. The van der Waals surface area contributed by atoms with E-state index in [-0.39, 0.29) is 32.0 Å². The molecule has 10 heteroatoms. The number of carbonyl (C=O) groups excluding carboxylic acids is 2. The molecule has 0 aromatic heterocycles. The van der Waals surface area contributed by atoms with Gasteiger partial charge in [-0.1, -0.05) is 174 Å². The molecule has 0 bridgehead atoms. The standard InChI is InChI=1S/C45H88NO8P/c1-6-8-10-12-14-16-18-20-22-24-25-27-29-31-33-35-37-44(47)51-41-43(42-53-55(49,50)52-40-39-46(3,4)5)54-45(48)38-36-34-32-30-28-26-23-21-19-17-15-13-11-9-7-2/h17,19,43H,6-16,18,20-42H2,1-5H3/b19-17+/t43-/m1/s1. The van der Waals surface area contributed by atoms with Crippen LogP contribution in [0.3, 0.4) is 0 Å². The molecule has 9 nitrogen and oxygen atoms in total. The van der Waals surface area contributed by atoms with E-state index < -0.39 is 26.5 Å². The highest BCUT2D eigenvalue weighted by atomic mass is 31.2. The Kier molecular flexibility index (Phi) is 37.4. The lowest BCUT2D eigenvalue weighted by atomic mass is 10.0. The van der Waals surface area contributed by atoms with E-state index in [4.69, 9.17) is 18.5 Å². The average molecular weight is 802 g/mol. The second-order valence-corrected chi connectivity index (χ2v) is 18.2. The van der Waals surface area contributed by atoms with E-state index in [0.29, 0.717) is 17.4 Å². The summed E-state index contributed by atoms with van der Waals surface area (Å²) in [5.41, 5.74) is 0. The normalized spacial score (nSPS) is 13.6. The molecule has 0 rings (SSSR count). The van der Waals surface area contributed by atoms with Crippen molar-refractivity contribution in [1.29, 1.82) is 0 Å². The van der Waals surface area contributed by atoms with Gasteiger partial charge in [-0.25, -0.2) is 0 Å². The number of phosphoric acid groups is 1. The number of rotatable bonds is 42. The number of ether oxygens (including phenoxy) is 2. The summed E-state index contributed by atoms with van der Waals surface area (Å²) in [6, 6.07) is 0. The van der Waals surface area contributed by atoms with Gasteiger partial charge in [-0.05, 0) is 38.5 Å². The van der Waals surface area contributed by atoms with Crippen molar-refractivity contribution in [2.75, 3.05) is 47.5 Å². The van der Waals surface area contributed by atoms with Crippen LogP contribution in [0.5, 0.6) is 0 Å². The maximum Gasteiger partial charge on any atom is 0.306 e. The van der Waals surface area contributed by atoms with Crippen LogP contribution in [0, 0.1) is 0 Å². The molecule has 1 unspecified atom stereocenters. The van der Waals surface area contributed by atoms with Crippen LogP contribution in [-0.4, -0.2) is 70.0 Å². The molecule has 0 fully saturated rings. The molecule has 326 valence electrons. The molecule has 0 saturated heterocycles. The zero-order chi connectivity index (χ0) is 40.7. The van der Waals surface area contributed by atoms with E-state index in [9.17, 15) is 19.0 Å². The van der Waals surface area contributed by atoms with Gasteiger partial charge in [0.1, 0.15) is 19.8 Å². The molecule has 0 spiro atoms. The molecule has 0 saturated carbocycles. The Bertz CT molecular complexity index is 954. The van der Waals surface area contributed by atoms with Crippen LogP contribution in [0.25, 0.3) is 0 Å². The highest BCUT2D eigenvalue weighted by Crippen LogP contribution is 2.38. The number of phosphoric ester groups is 1. The number of allylic oxidation sites excluding steroid dienone is 2. The Morgan fingerprint density at radius 3 is 1.36 bits per heavy atom. The first-order valence-corrected chi connectivity index (χ1v) is 24.4. The minimum Gasteiger partial charge on any atom is -0.756 e. The van der Waals surface area contributed by atoms with Crippen molar-refractivity contribution in [2.24, 2.45) is 0 Å². The molecule has 55 heavy (non-hydrogen) atoms. The molecule has 0 amide bonds. The second-order valence-electron chi connectivity index (χ2n) is 16.8. The predicted octanol–water partition coefficient (Wildman–Crippen LogP) is 12.3. The first-order valence-electron chi connectivity index (χ1n) is 22.9. The number of carbonyl (C=O) groups is 2. The van der Waals surface area contributed by atoms with E-state index in [1.54, 1.807) is 0 Å². The molecule has 0 aliphatic rings. The fourth-order valence-corrected chi connectivity index (χ4v) is 7.14. The van der Waals surface area contributed by atoms with Gasteiger partial charge >= 0.3 is 11.9 Å². The Morgan fingerprint density at radius 1 is 0.545 bits per heavy atom. The van der Waals surface area contributed by atoms with Crippen molar-refractivity contribution >= 4 is 19.8 Å². The molecule has 0 radical (unpaired) electrons. The van der Waals surface area contributed by atoms with Crippen LogP contribution in [-0.2, 0) is 32.7 Å². The van der Waals surface area contributed by atoms with Crippen molar-refractivity contribution < 1.29 is 42.1 Å². The van der Waals surface area contributed by atoms with E-state index in [2.05, 4.69) is 26.0 Å². The highest BCUT2D eigenvalue weighted by Gasteiger charge is 2.21. The quantitative estimate of drug-likeness (QED) is 0.0197. The van der Waals surface area contributed by atoms with Gasteiger partial charge in [0, 0.05) is 12.8 Å². The van der Waals surface area contributed by atoms with Crippen LogP contribution in [0.1, 0.15) is 213 Å². The van der Waals surface area contributed by atoms with Gasteiger partial charge in [0.25, 0.3) is 7.82 Å². The van der Waals surface area contributed by atoms with Crippen molar-refractivity contribution in [1.82, 2.24) is 0 Å². The van der Waals surface area contributed by atoms with Crippen molar-refractivity contribution in [3.05, 3.63) is 12.2 Å². The summed E-state index contributed by atoms with van der Waals surface area (Å²) in [4.78, 5) is 37.5. The lowest BCUT2D eigenvalue weighted by Crippen LogP contribution is -2.37. The maximum atomic E-state index is 12.7. The number of hydrogen-bond donors (Lipinski definition) is 0. The molecule has 0 aliphatic carbocycles. The Balaban J connectivity index is 4.31. The minimum absolute atomic E-state index is 0.0285. The van der Waals surface area contributed by atoms with Gasteiger partial charge in [0.15, 0.2) is 6.10 Å². The molecule has 2 atom stereocenters. The number of hydrogen-bond acceptors (Lipinski definition) is 8. The lowest BCUT2D eigenvalue weighted by Gasteiger charge is -2.28. The zero-order valence-electron chi connectivity index (χ0n) is 36.6. The molecule has 0 aliphatic heterocycles. The van der Waals surface area contributed by atoms with Gasteiger partial charge in [-0.3, -0.25) is 14.2 Å². The molecular weight excluding hydrogens is 713 g/mol. The lowest BCUT2D eigenvalue weighted by molar-refractivity contribution is -0.870. The fourth-order valence-electron chi connectivity index (χ4n) is 6.41.